The number of hydrogen-bond acceptors (Lipinski definition) is 2. The molecule has 0 aliphatic heterocycles. The fraction of sp³-hybridized carbons (Fsp3) is 0.462. The fourth-order valence-corrected chi connectivity index (χ4v) is 1.49. The van der Waals surface area contributed by atoms with E-state index in [2.05, 4.69) is 10.9 Å². The SMILES string of the molecule is C#CCCCC(N)CCc1ccccn1. The van der Waals surface area contributed by atoms with E-state index >= 15 is 0 Å². The molecule has 1 aromatic rings. The lowest BCUT2D eigenvalue weighted by Crippen LogP contribution is -2.20. The molecule has 0 bridgehead atoms. The molecule has 1 aromatic heterocycles. The molecule has 0 amide bonds. The molecule has 0 spiro atoms. The molecule has 0 radical (unpaired) electrons. The number of aryl methyl sites for hydroxylation is 1. The van der Waals surface area contributed by atoms with Crippen molar-refractivity contribution in [2.75, 3.05) is 0 Å². The zero-order valence-corrected chi connectivity index (χ0v) is 9.02. The first-order valence-corrected chi connectivity index (χ1v) is 5.42. The predicted octanol–water partition coefficient (Wildman–Crippen LogP) is 2.15. The van der Waals surface area contributed by atoms with E-state index in [1.54, 1.807) is 0 Å². The lowest BCUT2D eigenvalue weighted by atomic mass is 10.0. The molecule has 1 unspecified atom stereocenters. The van der Waals surface area contributed by atoms with Crippen LogP contribution in [-0.4, -0.2) is 11.0 Å². The summed E-state index contributed by atoms with van der Waals surface area (Å²) in [5.41, 5.74) is 7.08. The molecule has 1 heterocycles. The van der Waals surface area contributed by atoms with Crippen molar-refractivity contribution in [3.05, 3.63) is 30.1 Å². The molecule has 1 atom stereocenters. The molecule has 2 N–H and O–H groups in total. The second-order valence-corrected chi connectivity index (χ2v) is 3.72. The van der Waals surface area contributed by atoms with Gasteiger partial charge in [-0.05, 0) is 37.8 Å². The Kier molecular flexibility index (Phi) is 5.50. The van der Waals surface area contributed by atoms with Crippen LogP contribution in [0.2, 0.25) is 0 Å². The van der Waals surface area contributed by atoms with Crippen molar-refractivity contribution in [3.8, 4) is 12.3 Å². The standard InChI is InChI=1S/C13H18N2/c1-2-3-4-7-12(14)9-10-13-8-5-6-11-15-13/h1,5-6,8,11-12H,3-4,7,9-10,14H2. The summed E-state index contributed by atoms with van der Waals surface area (Å²) in [6.45, 7) is 0. The lowest BCUT2D eigenvalue weighted by Gasteiger charge is -2.09. The Morgan fingerprint density at radius 2 is 2.27 bits per heavy atom. The van der Waals surface area contributed by atoms with E-state index < -0.39 is 0 Å². The van der Waals surface area contributed by atoms with Crippen LogP contribution < -0.4 is 5.73 Å². The highest BCUT2D eigenvalue weighted by molar-refractivity contribution is 5.03. The zero-order chi connectivity index (χ0) is 10.9. The van der Waals surface area contributed by atoms with Gasteiger partial charge in [0.15, 0.2) is 0 Å². The van der Waals surface area contributed by atoms with Crippen LogP contribution in [0.15, 0.2) is 24.4 Å². The van der Waals surface area contributed by atoms with E-state index in [0.29, 0.717) is 0 Å². The highest BCUT2D eigenvalue weighted by Gasteiger charge is 2.02. The van der Waals surface area contributed by atoms with Gasteiger partial charge in [0.05, 0.1) is 0 Å². The summed E-state index contributed by atoms with van der Waals surface area (Å²) < 4.78 is 0. The van der Waals surface area contributed by atoms with Crippen LogP contribution in [0.1, 0.15) is 31.4 Å². The third-order valence-corrected chi connectivity index (χ3v) is 2.39. The molecule has 1 rings (SSSR count). The van der Waals surface area contributed by atoms with Crippen LogP contribution in [0.25, 0.3) is 0 Å². The van der Waals surface area contributed by atoms with E-state index in [0.717, 1.165) is 37.8 Å². The normalized spacial score (nSPS) is 12.0. The van der Waals surface area contributed by atoms with Crippen molar-refractivity contribution in [3.63, 3.8) is 0 Å². The van der Waals surface area contributed by atoms with E-state index in [-0.39, 0.29) is 6.04 Å². The Labute approximate surface area is 91.9 Å². The molecule has 15 heavy (non-hydrogen) atoms. The molecular formula is C13H18N2. The molecule has 2 heteroatoms. The van der Waals surface area contributed by atoms with Gasteiger partial charge in [0.1, 0.15) is 0 Å². The van der Waals surface area contributed by atoms with Gasteiger partial charge in [-0.15, -0.1) is 12.3 Å². The first kappa shape index (κ1) is 11.7. The molecular weight excluding hydrogens is 184 g/mol. The van der Waals surface area contributed by atoms with Gasteiger partial charge in [0.2, 0.25) is 0 Å². The molecule has 2 nitrogen and oxygen atoms in total. The van der Waals surface area contributed by atoms with E-state index in [9.17, 15) is 0 Å². The average Bonchev–Trinajstić information content (AvgIpc) is 2.28. The minimum absolute atomic E-state index is 0.250. The van der Waals surface area contributed by atoms with Gasteiger partial charge in [0, 0.05) is 24.4 Å². The number of nitrogens with zero attached hydrogens (tertiary/aromatic N) is 1. The molecule has 0 saturated carbocycles. The summed E-state index contributed by atoms with van der Waals surface area (Å²) in [7, 11) is 0. The Morgan fingerprint density at radius 3 is 2.93 bits per heavy atom. The van der Waals surface area contributed by atoms with Gasteiger partial charge in [0.25, 0.3) is 0 Å². The molecule has 0 saturated heterocycles. The number of unbranched alkanes of at least 4 members (excludes halogenated alkanes) is 1. The van der Waals surface area contributed by atoms with Gasteiger partial charge < -0.3 is 5.73 Å². The van der Waals surface area contributed by atoms with Crippen molar-refractivity contribution in [2.24, 2.45) is 5.73 Å². The van der Waals surface area contributed by atoms with Crippen molar-refractivity contribution < 1.29 is 0 Å². The third-order valence-electron chi connectivity index (χ3n) is 2.39. The fourth-order valence-electron chi connectivity index (χ4n) is 1.49. The quantitative estimate of drug-likeness (QED) is 0.567. The van der Waals surface area contributed by atoms with Gasteiger partial charge >= 0.3 is 0 Å². The van der Waals surface area contributed by atoms with Crippen molar-refractivity contribution in [1.82, 2.24) is 4.98 Å². The van der Waals surface area contributed by atoms with Crippen molar-refractivity contribution >= 4 is 0 Å². The topological polar surface area (TPSA) is 38.9 Å². The van der Waals surface area contributed by atoms with Crippen molar-refractivity contribution in [1.29, 1.82) is 0 Å². The molecule has 0 aliphatic carbocycles. The molecule has 0 aliphatic rings. The van der Waals surface area contributed by atoms with Gasteiger partial charge in [-0.3, -0.25) is 4.98 Å². The number of hydrogen-bond donors (Lipinski definition) is 1. The Balaban J connectivity index is 2.17. The Bertz CT molecular complexity index is 300. The first-order valence-electron chi connectivity index (χ1n) is 5.42. The highest BCUT2D eigenvalue weighted by atomic mass is 14.7. The molecule has 0 aromatic carbocycles. The monoisotopic (exact) mass is 202 g/mol. The minimum atomic E-state index is 0.250. The Morgan fingerprint density at radius 1 is 1.40 bits per heavy atom. The molecule has 80 valence electrons. The van der Waals surface area contributed by atoms with Crippen LogP contribution in [0, 0.1) is 12.3 Å². The summed E-state index contributed by atoms with van der Waals surface area (Å²) in [4.78, 5) is 4.26. The van der Waals surface area contributed by atoms with Crippen LogP contribution in [0.5, 0.6) is 0 Å². The largest absolute Gasteiger partial charge is 0.328 e. The summed E-state index contributed by atoms with van der Waals surface area (Å²) in [5, 5.41) is 0. The lowest BCUT2D eigenvalue weighted by molar-refractivity contribution is 0.548. The Hall–Kier alpha value is -1.33. The second-order valence-electron chi connectivity index (χ2n) is 3.72. The highest BCUT2D eigenvalue weighted by Crippen LogP contribution is 2.06. The van der Waals surface area contributed by atoms with E-state index in [1.165, 1.54) is 0 Å². The predicted molar refractivity (Wildman–Crippen MR) is 63.2 cm³/mol. The first-order chi connectivity index (χ1) is 7.33. The number of pyridine rings is 1. The summed E-state index contributed by atoms with van der Waals surface area (Å²) in [6.07, 6.45) is 11.8. The second kappa shape index (κ2) is 7.03. The molecule has 0 fully saturated rings. The van der Waals surface area contributed by atoms with Gasteiger partial charge in [-0.2, -0.15) is 0 Å². The van der Waals surface area contributed by atoms with Crippen LogP contribution in [0.4, 0.5) is 0 Å². The summed E-state index contributed by atoms with van der Waals surface area (Å²) >= 11 is 0. The minimum Gasteiger partial charge on any atom is -0.328 e. The number of terminal acetylenes is 1. The van der Waals surface area contributed by atoms with Gasteiger partial charge in [-0.1, -0.05) is 6.07 Å². The third kappa shape index (κ3) is 5.19. The van der Waals surface area contributed by atoms with Gasteiger partial charge in [-0.25, -0.2) is 0 Å². The zero-order valence-electron chi connectivity index (χ0n) is 9.02. The summed E-state index contributed by atoms with van der Waals surface area (Å²) in [6, 6.07) is 6.22. The smallest absolute Gasteiger partial charge is 0.0404 e. The average molecular weight is 202 g/mol. The van der Waals surface area contributed by atoms with Crippen LogP contribution >= 0.6 is 0 Å². The van der Waals surface area contributed by atoms with E-state index in [1.807, 2.05) is 24.4 Å². The maximum absolute atomic E-state index is 5.97. The van der Waals surface area contributed by atoms with Crippen LogP contribution in [-0.2, 0) is 6.42 Å². The maximum Gasteiger partial charge on any atom is 0.0404 e. The van der Waals surface area contributed by atoms with Crippen LogP contribution in [0.3, 0.4) is 0 Å². The van der Waals surface area contributed by atoms with Crippen molar-refractivity contribution in [2.45, 2.75) is 38.1 Å². The summed E-state index contributed by atoms with van der Waals surface area (Å²) in [5.74, 6) is 2.63. The number of aromatic nitrogens is 1. The number of nitrogens with two attached hydrogens (primary N) is 1. The number of rotatable bonds is 6. The van der Waals surface area contributed by atoms with E-state index in [4.69, 9.17) is 12.2 Å². The maximum atomic E-state index is 5.97.